The van der Waals surface area contributed by atoms with Crippen LogP contribution in [-0.2, 0) is 24.2 Å². The number of hydrogen-bond donors (Lipinski definition) is 1. The lowest BCUT2D eigenvalue weighted by molar-refractivity contribution is -0.131. The van der Waals surface area contributed by atoms with Crippen molar-refractivity contribution in [3.8, 4) is 17.2 Å². The molecule has 2 heterocycles. The number of hydrogen-bond acceptors (Lipinski definition) is 4. The molecular formula is C22H24N2O4. The quantitative estimate of drug-likeness (QED) is 0.738. The lowest BCUT2D eigenvalue weighted by Crippen LogP contribution is -2.36. The summed E-state index contributed by atoms with van der Waals surface area (Å²) in [5, 5.41) is 1.18. The Hall–Kier alpha value is -3.15. The number of fused-ring (bicyclic) bond motifs is 3. The second-order valence-electron chi connectivity index (χ2n) is 6.93. The zero-order valence-corrected chi connectivity index (χ0v) is 16.4. The van der Waals surface area contributed by atoms with E-state index in [9.17, 15) is 4.79 Å². The predicted molar refractivity (Wildman–Crippen MR) is 107 cm³/mol. The first-order valence-corrected chi connectivity index (χ1v) is 9.29. The highest BCUT2D eigenvalue weighted by Crippen LogP contribution is 2.31. The van der Waals surface area contributed by atoms with Crippen molar-refractivity contribution >= 4 is 16.8 Å². The van der Waals surface area contributed by atoms with Gasteiger partial charge in [0.05, 0.1) is 34.3 Å². The molecule has 0 fully saturated rings. The first-order chi connectivity index (χ1) is 13.6. The number of rotatable bonds is 5. The van der Waals surface area contributed by atoms with E-state index in [1.165, 1.54) is 10.9 Å². The van der Waals surface area contributed by atoms with E-state index in [4.69, 9.17) is 14.2 Å². The number of H-pyrrole nitrogens is 1. The predicted octanol–water partition coefficient (Wildman–Crippen LogP) is 3.32. The van der Waals surface area contributed by atoms with Gasteiger partial charge in [-0.25, -0.2) is 0 Å². The van der Waals surface area contributed by atoms with E-state index in [1.54, 1.807) is 21.3 Å². The number of methoxy groups -OCH3 is 3. The molecule has 0 bridgehead atoms. The summed E-state index contributed by atoms with van der Waals surface area (Å²) < 4.78 is 15.9. The van der Waals surface area contributed by atoms with Crippen LogP contribution in [0.15, 0.2) is 36.4 Å². The van der Waals surface area contributed by atoms with Crippen molar-refractivity contribution in [3.63, 3.8) is 0 Å². The summed E-state index contributed by atoms with van der Waals surface area (Å²) in [7, 11) is 4.87. The van der Waals surface area contributed by atoms with Crippen LogP contribution in [0.3, 0.4) is 0 Å². The summed E-state index contributed by atoms with van der Waals surface area (Å²) in [6.07, 6.45) is 1.17. The van der Waals surface area contributed by atoms with Gasteiger partial charge in [0.1, 0.15) is 5.75 Å². The minimum absolute atomic E-state index is 0.106. The van der Waals surface area contributed by atoms with E-state index in [2.05, 4.69) is 11.1 Å². The molecule has 1 amide bonds. The van der Waals surface area contributed by atoms with Gasteiger partial charge in [-0.3, -0.25) is 4.79 Å². The summed E-state index contributed by atoms with van der Waals surface area (Å²) in [4.78, 5) is 18.2. The van der Waals surface area contributed by atoms with Crippen LogP contribution in [0, 0.1) is 0 Å². The Morgan fingerprint density at radius 1 is 1.04 bits per heavy atom. The van der Waals surface area contributed by atoms with Crippen LogP contribution < -0.4 is 14.2 Å². The third-order valence-electron chi connectivity index (χ3n) is 5.34. The van der Waals surface area contributed by atoms with E-state index >= 15 is 0 Å². The summed E-state index contributed by atoms with van der Waals surface area (Å²) in [6.45, 7) is 1.31. The molecule has 0 radical (unpaired) electrons. The lowest BCUT2D eigenvalue weighted by Gasteiger charge is -2.27. The molecule has 0 aliphatic carbocycles. The van der Waals surface area contributed by atoms with Crippen molar-refractivity contribution in [1.29, 1.82) is 0 Å². The van der Waals surface area contributed by atoms with Gasteiger partial charge in [-0.05, 0) is 47.9 Å². The standard InChI is InChI=1S/C22H24N2O4/c1-26-15-5-6-18-17(12-15)16-8-9-24(13-19(16)23-18)22(25)11-14-4-7-20(27-2)21(10-14)28-3/h4-7,10,12,23H,8-9,11,13H2,1-3H3. The van der Waals surface area contributed by atoms with E-state index in [1.807, 2.05) is 35.2 Å². The van der Waals surface area contributed by atoms with Crippen molar-refractivity contribution in [2.45, 2.75) is 19.4 Å². The van der Waals surface area contributed by atoms with Crippen LogP contribution in [0.4, 0.5) is 0 Å². The molecule has 6 nitrogen and oxygen atoms in total. The number of aromatic nitrogens is 1. The van der Waals surface area contributed by atoms with Crippen molar-refractivity contribution in [2.75, 3.05) is 27.9 Å². The Morgan fingerprint density at radius 2 is 1.86 bits per heavy atom. The highest BCUT2D eigenvalue weighted by atomic mass is 16.5. The van der Waals surface area contributed by atoms with Crippen LogP contribution in [0.2, 0.25) is 0 Å². The van der Waals surface area contributed by atoms with Crippen molar-refractivity contribution < 1.29 is 19.0 Å². The van der Waals surface area contributed by atoms with Gasteiger partial charge in [0.25, 0.3) is 0 Å². The van der Waals surface area contributed by atoms with Crippen molar-refractivity contribution in [2.24, 2.45) is 0 Å². The Morgan fingerprint density at radius 3 is 2.61 bits per heavy atom. The van der Waals surface area contributed by atoms with E-state index < -0.39 is 0 Å². The number of ether oxygens (including phenoxy) is 3. The molecule has 0 saturated carbocycles. The maximum Gasteiger partial charge on any atom is 0.227 e. The average molecular weight is 380 g/mol. The van der Waals surface area contributed by atoms with E-state index in [0.717, 1.165) is 28.9 Å². The first-order valence-electron chi connectivity index (χ1n) is 9.29. The van der Waals surface area contributed by atoms with Gasteiger partial charge >= 0.3 is 0 Å². The number of nitrogens with zero attached hydrogens (tertiary/aromatic N) is 1. The third kappa shape index (κ3) is 3.26. The monoisotopic (exact) mass is 380 g/mol. The minimum atomic E-state index is 0.106. The molecule has 146 valence electrons. The topological polar surface area (TPSA) is 63.8 Å². The molecule has 28 heavy (non-hydrogen) atoms. The summed E-state index contributed by atoms with van der Waals surface area (Å²) in [6, 6.07) is 11.6. The second kappa shape index (κ2) is 7.46. The summed E-state index contributed by atoms with van der Waals surface area (Å²) in [5.41, 5.74) is 4.38. The molecule has 3 aromatic rings. The Labute approximate surface area is 164 Å². The normalized spacial score (nSPS) is 13.3. The van der Waals surface area contributed by atoms with Gasteiger partial charge < -0.3 is 24.1 Å². The highest BCUT2D eigenvalue weighted by molar-refractivity contribution is 5.87. The maximum atomic E-state index is 12.9. The number of amides is 1. The van der Waals surface area contributed by atoms with E-state index in [0.29, 0.717) is 31.0 Å². The molecular weight excluding hydrogens is 356 g/mol. The molecule has 6 heteroatoms. The fourth-order valence-electron chi connectivity index (χ4n) is 3.84. The molecule has 0 atom stereocenters. The number of benzene rings is 2. The number of carbonyl (C=O) groups excluding carboxylic acids is 1. The van der Waals surface area contributed by atoms with Crippen LogP contribution in [0.5, 0.6) is 17.2 Å². The minimum Gasteiger partial charge on any atom is -0.497 e. The Kier molecular flexibility index (Phi) is 4.86. The Bertz CT molecular complexity index is 1020. The molecule has 1 N–H and O–H groups in total. The lowest BCUT2D eigenvalue weighted by atomic mass is 10.0. The number of nitrogens with one attached hydrogen (secondary N) is 1. The zero-order chi connectivity index (χ0) is 19.7. The molecule has 1 aliphatic rings. The second-order valence-corrected chi connectivity index (χ2v) is 6.93. The molecule has 2 aromatic carbocycles. The van der Waals surface area contributed by atoms with Gasteiger partial charge in [0, 0.05) is 23.1 Å². The summed E-state index contributed by atoms with van der Waals surface area (Å²) >= 11 is 0. The van der Waals surface area contributed by atoms with Gasteiger partial charge in [0.15, 0.2) is 11.5 Å². The third-order valence-corrected chi connectivity index (χ3v) is 5.34. The Balaban J connectivity index is 1.52. The van der Waals surface area contributed by atoms with Crippen LogP contribution in [0.1, 0.15) is 16.8 Å². The first kappa shape index (κ1) is 18.2. The van der Waals surface area contributed by atoms with Crippen molar-refractivity contribution in [1.82, 2.24) is 9.88 Å². The SMILES string of the molecule is COc1ccc2[nH]c3c(c2c1)CCN(C(=O)Cc1ccc(OC)c(OC)c1)C3. The zero-order valence-electron chi connectivity index (χ0n) is 16.4. The summed E-state index contributed by atoms with van der Waals surface area (Å²) in [5.74, 6) is 2.25. The fraction of sp³-hybridized carbons (Fsp3) is 0.318. The van der Waals surface area contributed by atoms with Gasteiger partial charge in [-0.15, -0.1) is 0 Å². The molecule has 0 unspecified atom stereocenters. The molecule has 4 rings (SSSR count). The highest BCUT2D eigenvalue weighted by Gasteiger charge is 2.24. The van der Waals surface area contributed by atoms with Crippen molar-refractivity contribution in [3.05, 3.63) is 53.2 Å². The van der Waals surface area contributed by atoms with Crippen LogP contribution in [-0.4, -0.2) is 43.7 Å². The van der Waals surface area contributed by atoms with Gasteiger partial charge in [0.2, 0.25) is 5.91 Å². The molecule has 1 aromatic heterocycles. The fourth-order valence-corrected chi connectivity index (χ4v) is 3.84. The van der Waals surface area contributed by atoms with E-state index in [-0.39, 0.29) is 5.91 Å². The molecule has 1 aliphatic heterocycles. The molecule has 0 saturated heterocycles. The number of carbonyl (C=O) groups is 1. The van der Waals surface area contributed by atoms with Crippen LogP contribution >= 0.6 is 0 Å². The molecule has 0 spiro atoms. The average Bonchev–Trinajstić information content (AvgIpc) is 3.10. The smallest absolute Gasteiger partial charge is 0.227 e. The van der Waals surface area contributed by atoms with Gasteiger partial charge in [-0.2, -0.15) is 0 Å². The van der Waals surface area contributed by atoms with Gasteiger partial charge in [-0.1, -0.05) is 6.07 Å². The largest absolute Gasteiger partial charge is 0.497 e. The number of aromatic amines is 1. The maximum absolute atomic E-state index is 12.9. The van der Waals surface area contributed by atoms with Crippen LogP contribution in [0.25, 0.3) is 10.9 Å².